The molecule has 0 N–H and O–H groups in total. The van der Waals surface area contributed by atoms with Crippen molar-refractivity contribution in [2.24, 2.45) is 5.92 Å². The van der Waals surface area contributed by atoms with Gasteiger partial charge in [-0.2, -0.15) is 0 Å². The van der Waals surface area contributed by atoms with E-state index < -0.39 is 0 Å². The van der Waals surface area contributed by atoms with Crippen molar-refractivity contribution in [3.8, 4) is 0 Å². The first-order valence-electron chi connectivity index (χ1n) is 8.09. The van der Waals surface area contributed by atoms with Crippen molar-refractivity contribution in [3.63, 3.8) is 0 Å². The quantitative estimate of drug-likeness (QED) is 0.769. The van der Waals surface area contributed by atoms with Gasteiger partial charge in [-0.1, -0.05) is 0 Å². The Morgan fingerprint density at radius 3 is 2.30 bits per heavy atom. The van der Waals surface area contributed by atoms with Crippen LogP contribution in [0.1, 0.15) is 32.1 Å². The molecule has 4 heteroatoms. The van der Waals surface area contributed by atoms with Gasteiger partial charge in [0.05, 0.1) is 6.10 Å². The molecule has 1 aliphatic heterocycles. The lowest BCUT2D eigenvalue weighted by Crippen LogP contribution is -2.47. The Hall–Kier alpha value is -0.160. The molecule has 0 aromatic carbocycles. The van der Waals surface area contributed by atoms with Gasteiger partial charge in [-0.25, -0.2) is 0 Å². The Morgan fingerprint density at radius 1 is 1.00 bits per heavy atom. The molecule has 4 nitrogen and oxygen atoms in total. The fourth-order valence-electron chi connectivity index (χ4n) is 3.83. The van der Waals surface area contributed by atoms with Gasteiger partial charge < -0.3 is 19.3 Å². The first kappa shape index (κ1) is 16.2. The van der Waals surface area contributed by atoms with Crippen LogP contribution in [-0.4, -0.2) is 76.0 Å². The van der Waals surface area contributed by atoms with E-state index >= 15 is 0 Å². The number of methoxy groups -OCH3 is 1. The Labute approximate surface area is 124 Å². The Kier molecular flexibility index (Phi) is 6.27. The molecular weight excluding hydrogens is 252 g/mol. The van der Waals surface area contributed by atoms with Gasteiger partial charge in [0.1, 0.15) is 0 Å². The molecule has 2 fully saturated rings. The maximum Gasteiger partial charge on any atom is 0.0612 e. The highest BCUT2D eigenvalue weighted by Gasteiger charge is 2.33. The molecule has 1 aliphatic carbocycles. The SMILES string of the molecule is COC1CCC(N(C)C)CC1CN(C)C1CCOCC1. The van der Waals surface area contributed by atoms with Crippen LogP contribution in [0.15, 0.2) is 0 Å². The summed E-state index contributed by atoms with van der Waals surface area (Å²) < 4.78 is 11.2. The second-order valence-corrected chi connectivity index (χ2v) is 6.75. The lowest BCUT2D eigenvalue weighted by atomic mass is 9.82. The third kappa shape index (κ3) is 4.17. The van der Waals surface area contributed by atoms with Crippen molar-refractivity contribution in [1.29, 1.82) is 0 Å². The number of hydrogen-bond donors (Lipinski definition) is 0. The van der Waals surface area contributed by atoms with Crippen molar-refractivity contribution < 1.29 is 9.47 Å². The van der Waals surface area contributed by atoms with Gasteiger partial charge in [-0.15, -0.1) is 0 Å². The number of nitrogens with zero attached hydrogens (tertiary/aromatic N) is 2. The molecule has 2 rings (SSSR count). The first-order chi connectivity index (χ1) is 9.61. The Balaban J connectivity index is 1.89. The summed E-state index contributed by atoms with van der Waals surface area (Å²) in [6.45, 7) is 3.01. The topological polar surface area (TPSA) is 24.9 Å². The lowest BCUT2D eigenvalue weighted by Gasteiger charge is -2.41. The van der Waals surface area contributed by atoms with E-state index in [1.165, 1.54) is 32.1 Å². The van der Waals surface area contributed by atoms with Crippen LogP contribution in [0.3, 0.4) is 0 Å². The van der Waals surface area contributed by atoms with E-state index in [-0.39, 0.29) is 0 Å². The monoisotopic (exact) mass is 284 g/mol. The van der Waals surface area contributed by atoms with E-state index in [1.807, 2.05) is 7.11 Å². The zero-order valence-corrected chi connectivity index (χ0v) is 13.7. The van der Waals surface area contributed by atoms with Crippen molar-refractivity contribution in [1.82, 2.24) is 9.80 Å². The minimum atomic E-state index is 0.438. The molecule has 2 aliphatic rings. The average Bonchev–Trinajstić information content (AvgIpc) is 2.48. The van der Waals surface area contributed by atoms with Crippen LogP contribution in [0.25, 0.3) is 0 Å². The van der Waals surface area contributed by atoms with Gasteiger partial charge in [0.15, 0.2) is 0 Å². The molecule has 0 aromatic rings. The fraction of sp³-hybridized carbons (Fsp3) is 1.00. The second kappa shape index (κ2) is 7.74. The maximum absolute atomic E-state index is 5.75. The van der Waals surface area contributed by atoms with Crippen LogP contribution in [0.2, 0.25) is 0 Å². The van der Waals surface area contributed by atoms with Crippen LogP contribution < -0.4 is 0 Å². The molecule has 0 radical (unpaired) electrons. The van der Waals surface area contributed by atoms with E-state index in [0.717, 1.165) is 25.8 Å². The predicted octanol–water partition coefficient (Wildman–Crippen LogP) is 1.84. The van der Waals surface area contributed by atoms with Crippen LogP contribution in [0, 0.1) is 5.92 Å². The summed E-state index contributed by atoms with van der Waals surface area (Å²) in [5.74, 6) is 0.661. The van der Waals surface area contributed by atoms with Crippen LogP contribution in [0.5, 0.6) is 0 Å². The fourth-order valence-corrected chi connectivity index (χ4v) is 3.83. The van der Waals surface area contributed by atoms with Crippen LogP contribution in [0.4, 0.5) is 0 Å². The summed E-state index contributed by atoms with van der Waals surface area (Å²) in [6, 6.07) is 1.41. The number of rotatable bonds is 5. The van der Waals surface area contributed by atoms with E-state index in [0.29, 0.717) is 18.1 Å². The first-order valence-corrected chi connectivity index (χ1v) is 8.09. The third-order valence-electron chi connectivity index (χ3n) is 5.25. The zero-order chi connectivity index (χ0) is 14.5. The van der Waals surface area contributed by atoms with Gasteiger partial charge in [-0.3, -0.25) is 0 Å². The number of hydrogen-bond acceptors (Lipinski definition) is 4. The molecule has 3 atom stereocenters. The molecule has 0 amide bonds. The Morgan fingerprint density at radius 2 is 1.70 bits per heavy atom. The average molecular weight is 284 g/mol. The summed E-state index contributed by atoms with van der Waals surface area (Å²) in [7, 11) is 8.57. The summed E-state index contributed by atoms with van der Waals surface area (Å²) in [5.41, 5.74) is 0. The molecule has 118 valence electrons. The minimum Gasteiger partial charge on any atom is -0.381 e. The maximum atomic E-state index is 5.75. The van der Waals surface area contributed by atoms with Crippen molar-refractivity contribution >= 4 is 0 Å². The standard InChI is InChI=1S/C16H32N2O2/c1-17(2)15-5-6-16(19-4)13(11-15)12-18(3)14-7-9-20-10-8-14/h13-16H,5-12H2,1-4H3. The zero-order valence-electron chi connectivity index (χ0n) is 13.7. The normalized spacial score (nSPS) is 33.0. The van der Waals surface area contributed by atoms with Crippen molar-refractivity contribution in [3.05, 3.63) is 0 Å². The van der Waals surface area contributed by atoms with Gasteiger partial charge >= 0.3 is 0 Å². The van der Waals surface area contributed by atoms with Crippen molar-refractivity contribution in [2.45, 2.75) is 50.3 Å². The van der Waals surface area contributed by atoms with Gasteiger partial charge in [0.2, 0.25) is 0 Å². The molecule has 1 saturated heterocycles. The van der Waals surface area contributed by atoms with Gasteiger partial charge in [0, 0.05) is 39.0 Å². The van der Waals surface area contributed by atoms with Gasteiger partial charge in [0.25, 0.3) is 0 Å². The van der Waals surface area contributed by atoms with Gasteiger partial charge in [-0.05, 0) is 59.2 Å². The molecular formula is C16H32N2O2. The smallest absolute Gasteiger partial charge is 0.0612 e. The van der Waals surface area contributed by atoms with Crippen LogP contribution in [-0.2, 0) is 9.47 Å². The summed E-state index contributed by atoms with van der Waals surface area (Å²) in [5, 5.41) is 0. The molecule has 1 saturated carbocycles. The third-order valence-corrected chi connectivity index (χ3v) is 5.25. The molecule has 0 spiro atoms. The second-order valence-electron chi connectivity index (χ2n) is 6.75. The Bertz CT molecular complexity index is 280. The van der Waals surface area contributed by atoms with E-state index in [2.05, 4.69) is 30.9 Å². The van der Waals surface area contributed by atoms with Crippen molar-refractivity contribution in [2.75, 3.05) is 48.0 Å². The highest BCUT2D eigenvalue weighted by atomic mass is 16.5. The molecule has 20 heavy (non-hydrogen) atoms. The van der Waals surface area contributed by atoms with E-state index in [4.69, 9.17) is 9.47 Å². The largest absolute Gasteiger partial charge is 0.381 e. The molecule has 0 aromatic heterocycles. The highest BCUT2D eigenvalue weighted by molar-refractivity contribution is 4.87. The molecule has 3 unspecified atom stereocenters. The summed E-state index contributed by atoms with van der Waals surface area (Å²) in [6.07, 6.45) is 6.53. The van der Waals surface area contributed by atoms with E-state index in [1.54, 1.807) is 0 Å². The number of ether oxygens (including phenoxy) is 2. The minimum absolute atomic E-state index is 0.438. The predicted molar refractivity (Wildman–Crippen MR) is 82.1 cm³/mol. The highest BCUT2D eigenvalue weighted by Crippen LogP contribution is 2.30. The summed E-state index contributed by atoms with van der Waals surface area (Å²) >= 11 is 0. The van der Waals surface area contributed by atoms with E-state index in [9.17, 15) is 0 Å². The molecule has 1 heterocycles. The molecule has 0 bridgehead atoms. The van der Waals surface area contributed by atoms with Crippen LogP contribution >= 0.6 is 0 Å². The lowest BCUT2D eigenvalue weighted by molar-refractivity contribution is -0.0232. The summed E-state index contributed by atoms with van der Waals surface area (Å²) in [4.78, 5) is 4.94.